The fourth-order valence-electron chi connectivity index (χ4n) is 5.88. The summed E-state index contributed by atoms with van der Waals surface area (Å²) in [6.07, 6.45) is -6.48. The highest BCUT2D eigenvalue weighted by Gasteiger charge is 2.47. The highest BCUT2D eigenvalue weighted by Crippen LogP contribution is 2.48. The van der Waals surface area contributed by atoms with Crippen LogP contribution in [-0.4, -0.2) is 30.5 Å². The standard InChI is InChI=1S/C33H32F3NO/c1-22-9-8-11-25(17-22)19-32(26-16-15-24(3)28(18-26)27-12-5-4-10-23(27)2)21-37(20-31(38)33(34,35)36)30-14-7-6-13-29(30)32/h4-18,31,38H,19-21H2,1-3H3/t31-,32?/m1/s1. The number of hydrogen-bond acceptors (Lipinski definition) is 2. The molecule has 0 bridgehead atoms. The van der Waals surface area contributed by atoms with Gasteiger partial charge in [0.1, 0.15) is 0 Å². The Morgan fingerprint density at radius 2 is 1.53 bits per heavy atom. The van der Waals surface area contributed by atoms with E-state index in [1.807, 2.05) is 55.5 Å². The Bertz CT molecular complexity index is 1460. The Balaban J connectivity index is 1.70. The molecular formula is C33H32F3NO. The third-order valence-corrected chi connectivity index (χ3v) is 7.81. The molecule has 4 aromatic rings. The van der Waals surface area contributed by atoms with Crippen molar-refractivity contribution < 1.29 is 18.3 Å². The van der Waals surface area contributed by atoms with Gasteiger partial charge in [0, 0.05) is 17.6 Å². The normalized spacial score (nSPS) is 17.9. The van der Waals surface area contributed by atoms with Crippen LogP contribution in [0, 0.1) is 20.8 Å². The number of aliphatic hydroxyl groups excluding tert-OH is 1. The van der Waals surface area contributed by atoms with Crippen LogP contribution in [0.15, 0.2) is 91.0 Å². The minimum atomic E-state index is -4.68. The second-order valence-corrected chi connectivity index (χ2v) is 10.5. The number of anilines is 1. The molecule has 0 radical (unpaired) electrons. The second-order valence-electron chi connectivity index (χ2n) is 10.5. The predicted octanol–water partition coefficient (Wildman–Crippen LogP) is 7.55. The van der Waals surface area contributed by atoms with Crippen molar-refractivity contribution >= 4 is 5.69 Å². The molecule has 1 N–H and O–H groups in total. The molecule has 0 aromatic heterocycles. The molecule has 0 amide bonds. The fourth-order valence-corrected chi connectivity index (χ4v) is 5.88. The van der Waals surface area contributed by atoms with Gasteiger partial charge in [0.05, 0.1) is 6.54 Å². The van der Waals surface area contributed by atoms with Gasteiger partial charge in [0.15, 0.2) is 6.10 Å². The number of rotatable bonds is 6. The summed E-state index contributed by atoms with van der Waals surface area (Å²) in [6.45, 7) is 6.06. The number of halogens is 3. The zero-order chi connectivity index (χ0) is 27.1. The van der Waals surface area contributed by atoms with Crippen molar-refractivity contribution in [3.63, 3.8) is 0 Å². The molecule has 0 aliphatic carbocycles. The zero-order valence-electron chi connectivity index (χ0n) is 21.9. The topological polar surface area (TPSA) is 23.5 Å². The van der Waals surface area contributed by atoms with E-state index < -0.39 is 24.2 Å². The first-order chi connectivity index (χ1) is 18.1. The summed E-state index contributed by atoms with van der Waals surface area (Å²) >= 11 is 0. The summed E-state index contributed by atoms with van der Waals surface area (Å²) in [5, 5.41) is 10.0. The van der Waals surface area contributed by atoms with Gasteiger partial charge in [0.2, 0.25) is 0 Å². The van der Waals surface area contributed by atoms with Crippen LogP contribution in [0.3, 0.4) is 0 Å². The maximum Gasteiger partial charge on any atom is 0.416 e. The van der Waals surface area contributed by atoms with Crippen molar-refractivity contribution in [2.45, 2.75) is 44.9 Å². The largest absolute Gasteiger partial charge is 0.416 e. The van der Waals surface area contributed by atoms with Gasteiger partial charge in [0.25, 0.3) is 0 Å². The lowest BCUT2D eigenvalue weighted by atomic mass is 9.71. The second kappa shape index (κ2) is 9.95. The Hall–Kier alpha value is -3.57. The lowest BCUT2D eigenvalue weighted by Crippen LogP contribution is -2.44. The number of benzene rings is 4. The number of alkyl halides is 3. The number of β-amino-alcohol motifs (C(OH)–C–C–N with tert-alkyl or cyclic N) is 1. The monoisotopic (exact) mass is 515 g/mol. The maximum absolute atomic E-state index is 13.4. The van der Waals surface area contributed by atoms with Crippen molar-refractivity contribution in [3.05, 3.63) is 124 Å². The van der Waals surface area contributed by atoms with Crippen molar-refractivity contribution in [2.75, 3.05) is 18.0 Å². The van der Waals surface area contributed by atoms with E-state index in [2.05, 4.69) is 56.3 Å². The minimum absolute atomic E-state index is 0.337. The van der Waals surface area contributed by atoms with Gasteiger partial charge in [-0.05, 0) is 78.3 Å². The average Bonchev–Trinajstić information content (AvgIpc) is 3.18. The van der Waals surface area contributed by atoms with Crippen LogP contribution in [0.4, 0.5) is 18.9 Å². The predicted molar refractivity (Wildman–Crippen MR) is 148 cm³/mol. The molecule has 1 heterocycles. The molecule has 1 aliphatic rings. The molecule has 0 spiro atoms. The Kier molecular flexibility index (Phi) is 6.83. The van der Waals surface area contributed by atoms with Gasteiger partial charge in [-0.1, -0.05) is 84.4 Å². The summed E-state index contributed by atoms with van der Waals surface area (Å²) in [5.74, 6) is 0. The van der Waals surface area contributed by atoms with Gasteiger partial charge < -0.3 is 10.0 Å². The van der Waals surface area contributed by atoms with E-state index in [9.17, 15) is 18.3 Å². The van der Waals surface area contributed by atoms with Gasteiger partial charge >= 0.3 is 6.18 Å². The number of nitrogens with zero attached hydrogens (tertiary/aromatic N) is 1. The molecule has 5 heteroatoms. The quantitative estimate of drug-likeness (QED) is 0.287. The fraction of sp³-hybridized carbons (Fsp3) is 0.273. The van der Waals surface area contributed by atoms with E-state index in [-0.39, 0.29) is 0 Å². The van der Waals surface area contributed by atoms with Gasteiger partial charge in [-0.3, -0.25) is 0 Å². The molecule has 2 nitrogen and oxygen atoms in total. The van der Waals surface area contributed by atoms with Crippen LogP contribution >= 0.6 is 0 Å². The number of para-hydroxylation sites is 1. The molecular weight excluding hydrogens is 483 g/mol. The molecule has 5 rings (SSSR count). The number of aliphatic hydroxyl groups is 1. The summed E-state index contributed by atoms with van der Waals surface area (Å²) in [5.41, 5.74) is 9.02. The first kappa shape index (κ1) is 26.1. The summed E-state index contributed by atoms with van der Waals surface area (Å²) < 4.78 is 40.3. The number of hydrogen-bond donors (Lipinski definition) is 1. The molecule has 1 unspecified atom stereocenters. The summed E-state index contributed by atoms with van der Waals surface area (Å²) in [4.78, 5) is 1.70. The molecule has 38 heavy (non-hydrogen) atoms. The molecule has 4 aromatic carbocycles. The Morgan fingerprint density at radius 1 is 0.816 bits per heavy atom. The van der Waals surface area contributed by atoms with Crippen molar-refractivity contribution in [1.29, 1.82) is 0 Å². The van der Waals surface area contributed by atoms with E-state index in [1.54, 1.807) is 4.90 Å². The molecule has 0 fully saturated rings. The first-order valence-electron chi connectivity index (χ1n) is 12.9. The number of aryl methyl sites for hydroxylation is 3. The third kappa shape index (κ3) is 4.83. The molecule has 0 saturated carbocycles. The average molecular weight is 516 g/mol. The smallest absolute Gasteiger partial charge is 0.382 e. The van der Waals surface area contributed by atoms with Gasteiger partial charge in [-0.25, -0.2) is 0 Å². The highest BCUT2D eigenvalue weighted by atomic mass is 19.4. The lowest BCUT2D eigenvalue weighted by molar-refractivity contribution is -0.200. The van der Waals surface area contributed by atoms with Crippen LogP contribution in [0.1, 0.15) is 33.4 Å². The van der Waals surface area contributed by atoms with Crippen LogP contribution < -0.4 is 4.90 Å². The molecule has 0 saturated heterocycles. The zero-order valence-corrected chi connectivity index (χ0v) is 21.9. The minimum Gasteiger partial charge on any atom is -0.382 e. The highest BCUT2D eigenvalue weighted by molar-refractivity contribution is 5.74. The Morgan fingerprint density at radius 3 is 2.26 bits per heavy atom. The number of fused-ring (bicyclic) bond motifs is 1. The van der Waals surface area contributed by atoms with E-state index in [4.69, 9.17) is 0 Å². The van der Waals surface area contributed by atoms with Crippen LogP contribution in [0.5, 0.6) is 0 Å². The van der Waals surface area contributed by atoms with E-state index >= 15 is 0 Å². The van der Waals surface area contributed by atoms with Crippen LogP contribution in [-0.2, 0) is 11.8 Å². The van der Waals surface area contributed by atoms with E-state index in [0.717, 1.165) is 44.6 Å². The van der Waals surface area contributed by atoms with Crippen LogP contribution in [0.25, 0.3) is 11.1 Å². The first-order valence-corrected chi connectivity index (χ1v) is 12.9. The maximum atomic E-state index is 13.4. The van der Waals surface area contributed by atoms with Crippen LogP contribution in [0.2, 0.25) is 0 Å². The molecule has 196 valence electrons. The van der Waals surface area contributed by atoms with Gasteiger partial charge in [-0.15, -0.1) is 0 Å². The SMILES string of the molecule is Cc1cccc(CC2(c3ccc(C)c(-c4ccccc4C)c3)CN(C[C@@H](O)C(F)(F)F)c3ccccc32)c1. The van der Waals surface area contributed by atoms with Gasteiger partial charge in [-0.2, -0.15) is 13.2 Å². The summed E-state index contributed by atoms with van der Waals surface area (Å²) in [7, 11) is 0. The molecule has 2 atom stereocenters. The molecule has 1 aliphatic heterocycles. The van der Waals surface area contributed by atoms with E-state index in [0.29, 0.717) is 13.0 Å². The van der Waals surface area contributed by atoms with Crippen molar-refractivity contribution in [1.82, 2.24) is 0 Å². The third-order valence-electron chi connectivity index (χ3n) is 7.81. The Labute approximate surface area is 222 Å². The van der Waals surface area contributed by atoms with E-state index in [1.165, 1.54) is 5.56 Å². The van der Waals surface area contributed by atoms with Crippen molar-refractivity contribution in [2.24, 2.45) is 0 Å². The lowest BCUT2D eigenvalue weighted by Gasteiger charge is -2.33. The van der Waals surface area contributed by atoms with Crippen molar-refractivity contribution in [3.8, 4) is 11.1 Å². The summed E-state index contributed by atoms with van der Waals surface area (Å²) in [6, 6.07) is 30.7.